The van der Waals surface area contributed by atoms with Crippen molar-refractivity contribution in [2.75, 3.05) is 53.4 Å². The lowest BCUT2D eigenvalue weighted by Gasteiger charge is -2.39. The van der Waals surface area contributed by atoms with Crippen molar-refractivity contribution in [3.8, 4) is 0 Å². The summed E-state index contributed by atoms with van der Waals surface area (Å²) in [4.78, 5) is 77.3. The number of likely N-dealkylation sites (N-methyl/N-ethyl adjacent to an activating group) is 2. The Labute approximate surface area is 458 Å². The van der Waals surface area contributed by atoms with Crippen molar-refractivity contribution in [3.05, 3.63) is 71.8 Å². The molecule has 2 saturated carbocycles. The lowest BCUT2D eigenvalue weighted by molar-refractivity contribution is -0.140. The summed E-state index contributed by atoms with van der Waals surface area (Å²) in [5, 5.41) is 24.5. The van der Waals surface area contributed by atoms with Crippen molar-refractivity contribution in [2.24, 2.45) is 11.8 Å². The van der Waals surface area contributed by atoms with Crippen molar-refractivity contribution < 1.29 is 29.1 Å². The number of aliphatic hydroxyl groups is 1. The number of hydrogen-bond donors (Lipinski definition) is 5. The number of nitrogens with zero attached hydrogens (tertiary/aromatic N) is 4. The molecule has 6 rings (SSSR count). The summed E-state index contributed by atoms with van der Waals surface area (Å²) < 4.78 is 0. The van der Waals surface area contributed by atoms with Gasteiger partial charge in [-0.05, 0) is 115 Å². The van der Waals surface area contributed by atoms with Crippen LogP contribution < -0.4 is 21.3 Å². The third-order valence-corrected chi connectivity index (χ3v) is 17.6. The molecule has 0 bridgehead atoms. The number of benzene rings is 2. The van der Waals surface area contributed by atoms with Crippen molar-refractivity contribution in [1.29, 1.82) is 0 Å². The van der Waals surface area contributed by atoms with Gasteiger partial charge in [0, 0.05) is 64.2 Å². The fourth-order valence-corrected chi connectivity index (χ4v) is 12.6. The van der Waals surface area contributed by atoms with Crippen molar-refractivity contribution in [2.45, 2.75) is 223 Å². The predicted molar refractivity (Wildman–Crippen MR) is 304 cm³/mol. The Kier molecular flexibility index (Phi) is 26.5. The zero-order valence-electron chi connectivity index (χ0n) is 47.4. The molecule has 2 aliphatic carbocycles. The fourth-order valence-electron chi connectivity index (χ4n) is 12.6. The largest absolute Gasteiger partial charge is 0.376 e. The number of carbonyl (C=O) groups is 5. The molecule has 4 aliphatic rings. The average molecular weight is 1050 g/mol. The second-order valence-electron chi connectivity index (χ2n) is 23.2. The topological polar surface area (TPSA) is 167 Å². The highest BCUT2D eigenvalue weighted by Gasteiger charge is 2.39. The van der Waals surface area contributed by atoms with Crippen molar-refractivity contribution >= 4 is 29.5 Å². The van der Waals surface area contributed by atoms with Crippen LogP contribution in [0.4, 0.5) is 0 Å². The van der Waals surface area contributed by atoms with Gasteiger partial charge in [0.2, 0.25) is 29.5 Å². The highest BCUT2D eigenvalue weighted by Crippen LogP contribution is 2.32. The average Bonchev–Trinajstić information content (AvgIpc) is 4.13. The van der Waals surface area contributed by atoms with Gasteiger partial charge in [-0.25, -0.2) is 0 Å². The molecule has 0 spiro atoms. The van der Waals surface area contributed by atoms with E-state index >= 15 is 0 Å². The first-order valence-corrected chi connectivity index (χ1v) is 30.3. The first-order valence-electron chi connectivity index (χ1n) is 30.3. The summed E-state index contributed by atoms with van der Waals surface area (Å²) >= 11 is 0. The van der Waals surface area contributed by atoms with Crippen LogP contribution in [-0.2, 0) is 36.8 Å². The fraction of sp³-hybridized carbons (Fsp3) is 0.726. The van der Waals surface area contributed by atoms with E-state index in [1.54, 1.807) is 14.1 Å². The molecule has 2 saturated heterocycles. The number of rotatable bonds is 32. The summed E-state index contributed by atoms with van der Waals surface area (Å²) in [6.07, 6.45) is 23.8. The van der Waals surface area contributed by atoms with E-state index in [1.807, 2.05) is 64.9 Å². The lowest BCUT2D eigenvalue weighted by Crippen LogP contribution is -2.57. The number of amides is 5. The lowest BCUT2D eigenvalue weighted by atomic mass is 9.84. The highest BCUT2D eigenvalue weighted by atomic mass is 16.3. The minimum absolute atomic E-state index is 0.00561. The Morgan fingerprint density at radius 2 is 1.03 bits per heavy atom. The van der Waals surface area contributed by atoms with Crippen LogP contribution >= 0.6 is 0 Å². The van der Waals surface area contributed by atoms with Crippen LogP contribution in [-0.4, -0.2) is 150 Å². The molecule has 5 amide bonds. The molecule has 3 unspecified atom stereocenters. The summed E-state index contributed by atoms with van der Waals surface area (Å²) in [5.74, 6) is 0.938. The van der Waals surface area contributed by atoms with Gasteiger partial charge in [0.1, 0.15) is 12.3 Å². The van der Waals surface area contributed by atoms with Crippen LogP contribution in [0.2, 0.25) is 0 Å². The maximum absolute atomic E-state index is 14.4. The van der Waals surface area contributed by atoms with Crippen LogP contribution in [0.5, 0.6) is 0 Å². The summed E-state index contributed by atoms with van der Waals surface area (Å²) in [6.45, 7) is 7.32. The van der Waals surface area contributed by atoms with E-state index in [1.165, 1.54) is 49.7 Å². The zero-order chi connectivity index (χ0) is 54.1. The van der Waals surface area contributed by atoms with E-state index in [0.717, 1.165) is 116 Å². The van der Waals surface area contributed by atoms with Crippen LogP contribution in [0.1, 0.15) is 179 Å². The van der Waals surface area contributed by atoms with Gasteiger partial charge in [-0.2, -0.15) is 0 Å². The predicted octanol–water partition coefficient (Wildman–Crippen LogP) is 8.15. The molecular weight excluding hydrogens is 953 g/mol. The Bertz CT molecular complexity index is 2020. The van der Waals surface area contributed by atoms with Crippen LogP contribution in [0, 0.1) is 11.8 Å². The Balaban J connectivity index is 0.995. The van der Waals surface area contributed by atoms with Crippen molar-refractivity contribution in [1.82, 2.24) is 40.9 Å². The molecule has 0 aromatic heterocycles. The second kappa shape index (κ2) is 33.2. The number of hydrogen-bond acceptors (Lipinski definition) is 9. The first-order chi connectivity index (χ1) is 36.9. The molecule has 7 atom stereocenters. The molecule has 2 aromatic carbocycles. The van der Waals surface area contributed by atoms with Crippen molar-refractivity contribution in [3.63, 3.8) is 0 Å². The van der Waals surface area contributed by atoms with E-state index in [9.17, 15) is 29.1 Å². The monoisotopic (exact) mass is 1050 g/mol. The van der Waals surface area contributed by atoms with Crippen LogP contribution in [0.25, 0.3) is 0 Å². The zero-order valence-corrected chi connectivity index (χ0v) is 47.4. The van der Waals surface area contributed by atoms with Gasteiger partial charge in [0.25, 0.3) is 0 Å². The molecule has 5 N–H and O–H groups in total. The summed E-state index contributed by atoms with van der Waals surface area (Å²) in [5.41, 5.74) is 2.38. The second-order valence-corrected chi connectivity index (χ2v) is 23.2. The number of unbranched alkanes of at least 4 members (excludes halogenated alkanes) is 5. The number of carbonyl (C=O) groups excluding carboxylic acids is 5. The minimum Gasteiger partial charge on any atom is -0.376 e. The molecule has 2 aromatic rings. The van der Waals surface area contributed by atoms with Crippen LogP contribution in [0.15, 0.2) is 60.7 Å². The highest BCUT2D eigenvalue weighted by molar-refractivity contribution is 5.90. The minimum atomic E-state index is -0.822. The summed E-state index contributed by atoms with van der Waals surface area (Å²) in [7, 11) is 3.54. The van der Waals surface area contributed by atoms with Crippen LogP contribution in [0.3, 0.4) is 0 Å². The molecule has 14 nitrogen and oxygen atoms in total. The Morgan fingerprint density at radius 3 is 1.55 bits per heavy atom. The number of likely N-dealkylation sites (tertiary alicyclic amines) is 2. The molecule has 0 radical (unpaired) electrons. The first kappa shape index (κ1) is 60.9. The van der Waals surface area contributed by atoms with E-state index in [-0.39, 0.29) is 53.7 Å². The van der Waals surface area contributed by atoms with E-state index < -0.39 is 18.3 Å². The van der Waals surface area contributed by atoms with Gasteiger partial charge in [-0.1, -0.05) is 151 Å². The molecule has 2 heterocycles. The quantitative estimate of drug-likeness (QED) is 0.0455. The van der Waals surface area contributed by atoms with Gasteiger partial charge in [-0.3, -0.25) is 28.9 Å². The SMILES string of the molecule is CN[C@@H](C)C(=O)NC(CC1CCCCC1)C(=O)N1CCC[C@H]1CN(CCc1ccccc1)C(=O)CCCCCCCCC(=O)N(CCc1ccccc1)C[C@@H]1CCCN1C(O)C(CC1CCCCC1)NC(=O)[C@H](C)NC. The summed E-state index contributed by atoms with van der Waals surface area (Å²) in [6, 6.07) is 18.9. The smallest absolute Gasteiger partial charge is 0.245 e. The molecule has 2 aliphatic heterocycles. The standard InChI is InChI=1S/C62H100N8O6/c1-47(63-3)59(73)65-55(43-51-29-17-11-18-30-51)61(75)69-39-23-33-53(69)45-67(41-37-49-25-13-9-14-26-49)57(71)35-21-7-5-6-8-22-36-58(72)68(42-38-50-27-15-10-16-28-50)46-54-34-24-40-70(54)62(76)56(66-60(74)48(2)64-4)44-52-31-19-12-20-32-52/h9-10,13-16,25-28,47-48,51-56,61,63-64,75H,5-8,11-12,17-24,29-46H2,1-4H3,(H,65,73)(H,66,74)/t47-,48-,53-,54-,55?,56?,61?/m0/s1. The number of aliphatic hydroxyl groups excluding tert-OH is 1. The van der Waals surface area contributed by atoms with E-state index in [0.29, 0.717) is 63.8 Å². The van der Waals surface area contributed by atoms with E-state index in [2.05, 4.69) is 50.4 Å². The molecule has 4 fully saturated rings. The van der Waals surface area contributed by atoms with E-state index in [4.69, 9.17) is 0 Å². The van der Waals surface area contributed by atoms with Gasteiger partial charge in [0.15, 0.2) is 0 Å². The maximum Gasteiger partial charge on any atom is 0.245 e. The molecule has 424 valence electrons. The third-order valence-electron chi connectivity index (χ3n) is 17.6. The molecule has 14 heteroatoms. The van der Waals surface area contributed by atoms with Gasteiger partial charge in [0.05, 0.1) is 18.1 Å². The molecular formula is C62H100N8O6. The Morgan fingerprint density at radius 1 is 0.566 bits per heavy atom. The Hall–Kier alpha value is -4.37. The van der Waals surface area contributed by atoms with Gasteiger partial charge >= 0.3 is 0 Å². The number of nitrogens with one attached hydrogen (secondary N) is 4. The van der Waals surface area contributed by atoms with Gasteiger partial charge < -0.3 is 41.1 Å². The third kappa shape index (κ3) is 19.8. The molecule has 76 heavy (non-hydrogen) atoms. The van der Waals surface area contributed by atoms with Gasteiger partial charge in [-0.15, -0.1) is 0 Å². The maximum atomic E-state index is 14.4. The normalized spacial score (nSPS) is 20.6.